The number of carbonyl (C=O) groups is 2. The smallest absolute Gasteiger partial charge is 0.264 e. The fourth-order valence-electron chi connectivity index (χ4n) is 3.87. The molecule has 0 spiro atoms. The van der Waals surface area contributed by atoms with Gasteiger partial charge in [-0.3, -0.25) is 13.9 Å². The molecule has 0 saturated carbocycles. The first kappa shape index (κ1) is 28.8. The van der Waals surface area contributed by atoms with E-state index in [1.54, 1.807) is 49.4 Å². The Morgan fingerprint density at radius 1 is 0.947 bits per heavy atom. The van der Waals surface area contributed by atoms with Gasteiger partial charge >= 0.3 is 0 Å². The van der Waals surface area contributed by atoms with Crippen LogP contribution in [0.3, 0.4) is 0 Å². The minimum Gasteiger partial charge on any atom is -0.354 e. The molecule has 38 heavy (non-hydrogen) atoms. The zero-order valence-electron chi connectivity index (χ0n) is 21.9. The van der Waals surface area contributed by atoms with Crippen molar-refractivity contribution in [3.05, 3.63) is 95.8 Å². The molecule has 9 heteroatoms. The summed E-state index contributed by atoms with van der Waals surface area (Å²) in [6, 6.07) is 19.5. The number of anilines is 1. The van der Waals surface area contributed by atoms with Crippen LogP contribution in [-0.2, 0) is 26.2 Å². The third-order valence-electron chi connectivity index (χ3n) is 6.20. The van der Waals surface area contributed by atoms with E-state index in [0.29, 0.717) is 17.8 Å². The second-order valence-corrected chi connectivity index (χ2v) is 11.0. The minimum absolute atomic E-state index is 0.00862. The van der Waals surface area contributed by atoms with Gasteiger partial charge in [0.2, 0.25) is 11.8 Å². The zero-order valence-corrected chi connectivity index (χ0v) is 22.7. The molecule has 3 rings (SSSR count). The molecule has 3 aromatic carbocycles. The number of hydrogen-bond donors (Lipinski definition) is 1. The zero-order chi connectivity index (χ0) is 27.7. The van der Waals surface area contributed by atoms with Crippen LogP contribution < -0.4 is 9.62 Å². The number of para-hydroxylation sites is 1. The Morgan fingerprint density at radius 2 is 1.58 bits per heavy atom. The summed E-state index contributed by atoms with van der Waals surface area (Å²) in [4.78, 5) is 28.1. The molecule has 0 heterocycles. The van der Waals surface area contributed by atoms with Crippen molar-refractivity contribution in [1.82, 2.24) is 10.2 Å². The van der Waals surface area contributed by atoms with Gasteiger partial charge in [-0.15, -0.1) is 0 Å². The molecule has 2 amide bonds. The Balaban J connectivity index is 1.96. The van der Waals surface area contributed by atoms with E-state index in [4.69, 9.17) is 0 Å². The van der Waals surface area contributed by atoms with Crippen LogP contribution in [0.2, 0.25) is 0 Å². The van der Waals surface area contributed by atoms with Crippen LogP contribution in [0.15, 0.2) is 83.8 Å². The molecular weight excluding hydrogens is 505 g/mol. The highest BCUT2D eigenvalue weighted by atomic mass is 32.2. The molecule has 0 fully saturated rings. The standard InChI is InChI=1S/C29H34FN3O4S/c1-4-5-19-31-29(35)23(3)32(20-24-13-15-25(30)16-14-24)28(34)21-33(26-9-7-6-8-10-26)38(36,37)27-17-11-22(2)12-18-27/h6-18,23H,4-5,19-21H2,1-3H3,(H,31,35)/t23-/m1/s1. The Hall–Kier alpha value is -3.72. The second kappa shape index (κ2) is 13.2. The van der Waals surface area contributed by atoms with Gasteiger partial charge in [-0.25, -0.2) is 12.8 Å². The van der Waals surface area contributed by atoms with Crippen LogP contribution in [0.1, 0.15) is 37.8 Å². The first-order valence-electron chi connectivity index (χ1n) is 12.6. The SMILES string of the molecule is CCCCNC(=O)[C@@H](C)N(Cc1ccc(F)cc1)C(=O)CN(c1ccccc1)S(=O)(=O)c1ccc(C)cc1. The number of aryl methyl sites for hydroxylation is 1. The molecule has 0 saturated heterocycles. The summed E-state index contributed by atoms with van der Waals surface area (Å²) in [5, 5.41) is 2.84. The normalized spacial score (nSPS) is 12.0. The monoisotopic (exact) mass is 539 g/mol. The van der Waals surface area contributed by atoms with Crippen molar-refractivity contribution in [3.63, 3.8) is 0 Å². The highest BCUT2D eigenvalue weighted by Gasteiger charge is 2.32. The molecule has 1 atom stereocenters. The van der Waals surface area contributed by atoms with Crippen molar-refractivity contribution in [2.45, 2.75) is 51.1 Å². The average Bonchev–Trinajstić information content (AvgIpc) is 2.91. The van der Waals surface area contributed by atoms with Crippen molar-refractivity contribution >= 4 is 27.5 Å². The van der Waals surface area contributed by atoms with Gasteiger partial charge in [-0.2, -0.15) is 0 Å². The van der Waals surface area contributed by atoms with Crippen molar-refractivity contribution in [3.8, 4) is 0 Å². The maximum Gasteiger partial charge on any atom is 0.264 e. The highest BCUT2D eigenvalue weighted by Crippen LogP contribution is 2.24. The van der Waals surface area contributed by atoms with E-state index in [1.807, 2.05) is 13.8 Å². The lowest BCUT2D eigenvalue weighted by atomic mass is 10.1. The van der Waals surface area contributed by atoms with Gasteiger partial charge in [0.25, 0.3) is 10.0 Å². The van der Waals surface area contributed by atoms with Gasteiger partial charge < -0.3 is 10.2 Å². The Morgan fingerprint density at radius 3 is 2.18 bits per heavy atom. The largest absolute Gasteiger partial charge is 0.354 e. The van der Waals surface area contributed by atoms with Crippen molar-refractivity contribution in [1.29, 1.82) is 0 Å². The molecule has 0 aliphatic rings. The third kappa shape index (κ3) is 7.41. The molecule has 1 N–H and O–H groups in total. The number of nitrogens with zero attached hydrogens (tertiary/aromatic N) is 2. The second-order valence-electron chi connectivity index (χ2n) is 9.13. The lowest BCUT2D eigenvalue weighted by Gasteiger charge is -2.32. The van der Waals surface area contributed by atoms with Crippen molar-refractivity contribution in [2.75, 3.05) is 17.4 Å². The van der Waals surface area contributed by atoms with Gasteiger partial charge in [0.15, 0.2) is 0 Å². The third-order valence-corrected chi connectivity index (χ3v) is 7.98. The number of carbonyl (C=O) groups excluding carboxylic acids is 2. The maximum atomic E-state index is 13.8. The molecule has 0 aliphatic heterocycles. The minimum atomic E-state index is -4.11. The number of hydrogen-bond acceptors (Lipinski definition) is 4. The molecule has 0 aliphatic carbocycles. The van der Waals surface area contributed by atoms with Gasteiger partial charge in [-0.05, 0) is 62.2 Å². The first-order chi connectivity index (χ1) is 18.1. The number of benzene rings is 3. The Bertz CT molecular complexity index is 1310. The van der Waals surface area contributed by atoms with Crippen molar-refractivity contribution < 1.29 is 22.4 Å². The molecular formula is C29H34FN3O4S. The molecule has 0 bridgehead atoms. The summed E-state index contributed by atoms with van der Waals surface area (Å²) in [5.74, 6) is -1.33. The molecule has 3 aromatic rings. The predicted octanol–water partition coefficient (Wildman–Crippen LogP) is 4.66. The number of halogens is 1. The fraction of sp³-hybridized carbons (Fsp3) is 0.310. The average molecular weight is 540 g/mol. The summed E-state index contributed by atoms with van der Waals surface area (Å²) < 4.78 is 42.0. The van der Waals surface area contributed by atoms with E-state index < -0.39 is 34.3 Å². The van der Waals surface area contributed by atoms with E-state index in [9.17, 15) is 22.4 Å². The topological polar surface area (TPSA) is 86.8 Å². The number of nitrogens with one attached hydrogen (secondary N) is 1. The first-order valence-corrected chi connectivity index (χ1v) is 14.0. The van der Waals surface area contributed by atoms with Crippen LogP contribution in [0.4, 0.5) is 10.1 Å². The lowest BCUT2D eigenvalue weighted by Crippen LogP contribution is -2.51. The molecule has 0 aromatic heterocycles. The summed E-state index contributed by atoms with van der Waals surface area (Å²) in [6.07, 6.45) is 1.69. The number of rotatable bonds is 12. The summed E-state index contributed by atoms with van der Waals surface area (Å²) in [6.45, 7) is 5.42. The van der Waals surface area contributed by atoms with Crippen molar-refractivity contribution in [2.24, 2.45) is 0 Å². The van der Waals surface area contributed by atoms with Crippen LogP contribution in [0, 0.1) is 12.7 Å². The molecule has 7 nitrogen and oxygen atoms in total. The van der Waals surface area contributed by atoms with Gasteiger partial charge in [-0.1, -0.05) is 61.4 Å². The number of amides is 2. The van der Waals surface area contributed by atoms with E-state index in [2.05, 4.69) is 5.32 Å². The molecule has 202 valence electrons. The van der Waals surface area contributed by atoms with E-state index >= 15 is 0 Å². The quantitative estimate of drug-likeness (QED) is 0.339. The van der Waals surface area contributed by atoms with Crippen LogP contribution in [-0.4, -0.2) is 44.3 Å². The van der Waals surface area contributed by atoms with E-state index in [1.165, 1.54) is 41.3 Å². The van der Waals surface area contributed by atoms with Gasteiger partial charge in [0, 0.05) is 13.1 Å². The molecule has 0 radical (unpaired) electrons. The lowest BCUT2D eigenvalue weighted by molar-refractivity contribution is -0.139. The van der Waals surface area contributed by atoms with Crippen LogP contribution >= 0.6 is 0 Å². The highest BCUT2D eigenvalue weighted by molar-refractivity contribution is 7.92. The fourth-order valence-corrected chi connectivity index (χ4v) is 5.28. The van der Waals surface area contributed by atoms with Crippen LogP contribution in [0.5, 0.6) is 0 Å². The van der Waals surface area contributed by atoms with E-state index in [-0.39, 0.29) is 17.3 Å². The number of sulfonamides is 1. The number of unbranched alkanes of at least 4 members (excludes halogenated alkanes) is 1. The summed E-state index contributed by atoms with van der Waals surface area (Å²) in [7, 11) is -4.11. The predicted molar refractivity (Wildman–Crippen MR) is 146 cm³/mol. The Labute approximate surface area is 224 Å². The Kier molecular flexibility index (Phi) is 10.0. The van der Waals surface area contributed by atoms with Crippen LogP contribution in [0.25, 0.3) is 0 Å². The molecule has 0 unspecified atom stereocenters. The summed E-state index contributed by atoms with van der Waals surface area (Å²) in [5.41, 5.74) is 1.84. The summed E-state index contributed by atoms with van der Waals surface area (Å²) >= 11 is 0. The van der Waals surface area contributed by atoms with Gasteiger partial charge in [0.1, 0.15) is 18.4 Å². The van der Waals surface area contributed by atoms with Gasteiger partial charge in [0.05, 0.1) is 10.6 Å². The maximum absolute atomic E-state index is 13.8. The van der Waals surface area contributed by atoms with E-state index in [0.717, 1.165) is 22.7 Å².